The van der Waals surface area contributed by atoms with Gasteiger partial charge >= 0.3 is 0 Å². The summed E-state index contributed by atoms with van der Waals surface area (Å²) in [4.78, 5) is 15.0. The molecule has 2 aromatic carbocycles. The van der Waals surface area contributed by atoms with E-state index in [0.717, 1.165) is 35.8 Å². The van der Waals surface area contributed by atoms with Crippen molar-refractivity contribution in [1.29, 1.82) is 0 Å². The Labute approximate surface area is 177 Å². The maximum Gasteiger partial charge on any atom is 0.253 e. The van der Waals surface area contributed by atoms with Crippen molar-refractivity contribution < 1.29 is 13.2 Å². The van der Waals surface area contributed by atoms with E-state index in [-0.39, 0.29) is 10.9 Å². The number of carbonyl (C=O) groups is 1. The van der Waals surface area contributed by atoms with E-state index in [2.05, 4.69) is 22.3 Å². The number of carbonyl (C=O) groups excluding carboxylic acids is 1. The fraction of sp³-hybridized carbons (Fsp3) is 0.381. The van der Waals surface area contributed by atoms with Gasteiger partial charge in [-0.25, -0.2) is 8.42 Å². The zero-order chi connectivity index (χ0) is 21.0. The second kappa shape index (κ2) is 9.15. The summed E-state index contributed by atoms with van der Waals surface area (Å²) in [6.45, 7) is 3.62. The molecule has 1 N–H and O–H groups in total. The molecule has 29 heavy (non-hydrogen) atoms. The highest BCUT2D eigenvalue weighted by Gasteiger charge is 2.16. The number of anilines is 1. The molecule has 0 aromatic heterocycles. The highest BCUT2D eigenvalue weighted by molar-refractivity contribution is 7.92. The first-order valence-corrected chi connectivity index (χ1v) is 11.8. The van der Waals surface area contributed by atoms with Crippen molar-refractivity contribution in [3.8, 4) is 0 Å². The van der Waals surface area contributed by atoms with Gasteiger partial charge in [0, 0.05) is 20.1 Å². The zero-order valence-corrected chi connectivity index (χ0v) is 18.3. The quantitative estimate of drug-likeness (QED) is 0.724. The third-order valence-corrected chi connectivity index (χ3v) is 6.63. The monoisotopic (exact) mass is 435 g/mol. The molecule has 1 fully saturated rings. The fourth-order valence-corrected chi connectivity index (χ4v) is 4.15. The molecule has 0 spiro atoms. The van der Waals surface area contributed by atoms with Crippen LogP contribution in [0.5, 0.6) is 0 Å². The lowest BCUT2D eigenvalue weighted by molar-refractivity contribution is 0.0951. The minimum Gasteiger partial charge on any atom is -0.348 e. The molecule has 1 heterocycles. The number of nitrogens with one attached hydrogen (secondary N) is 1. The van der Waals surface area contributed by atoms with Gasteiger partial charge in [0.1, 0.15) is 0 Å². The van der Waals surface area contributed by atoms with Crippen LogP contribution in [0.1, 0.15) is 34.3 Å². The van der Waals surface area contributed by atoms with Gasteiger partial charge in [0.05, 0.1) is 22.5 Å². The van der Waals surface area contributed by atoms with Gasteiger partial charge in [-0.05, 0) is 55.3 Å². The minimum atomic E-state index is -3.39. The standard InChI is InChI=1S/C21H26ClN3O3S/c1-24(29(2,27)28)18-8-9-19(20(22)13-18)21(26)23-14-16-6-5-7-17(12-16)15-25-10-3-4-11-25/h5-9,12-13H,3-4,10-11,14-15H2,1-2H3,(H,23,26). The summed E-state index contributed by atoms with van der Waals surface area (Å²) in [6, 6.07) is 12.8. The SMILES string of the molecule is CN(c1ccc(C(=O)NCc2cccc(CN3CCCC3)c2)c(Cl)c1)S(C)(=O)=O. The number of nitrogens with zero attached hydrogens (tertiary/aromatic N) is 2. The molecule has 0 saturated carbocycles. The molecule has 1 aliphatic rings. The van der Waals surface area contributed by atoms with Crippen LogP contribution in [-0.4, -0.2) is 45.6 Å². The highest BCUT2D eigenvalue weighted by atomic mass is 35.5. The van der Waals surface area contributed by atoms with Crippen LogP contribution in [0.3, 0.4) is 0 Å². The van der Waals surface area contributed by atoms with Crippen LogP contribution in [-0.2, 0) is 23.1 Å². The molecule has 0 bridgehead atoms. The predicted octanol–water partition coefficient (Wildman–Crippen LogP) is 3.26. The van der Waals surface area contributed by atoms with Crippen LogP contribution in [0.15, 0.2) is 42.5 Å². The van der Waals surface area contributed by atoms with E-state index in [4.69, 9.17) is 11.6 Å². The van der Waals surface area contributed by atoms with E-state index in [9.17, 15) is 13.2 Å². The lowest BCUT2D eigenvalue weighted by Crippen LogP contribution is -2.26. The van der Waals surface area contributed by atoms with Crippen molar-refractivity contribution in [2.75, 3.05) is 30.7 Å². The molecule has 6 nitrogen and oxygen atoms in total. The van der Waals surface area contributed by atoms with Gasteiger partial charge in [-0.3, -0.25) is 14.0 Å². The Bertz CT molecular complexity index is 988. The summed E-state index contributed by atoms with van der Waals surface area (Å²) in [5.41, 5.74) is 2.98. The first kappa shape index (κ1) is 21.6. The Kier molecular flexibility index (Phi) is 6.82. The Morgan fingerprint density at radius 3 is 2.48 bits per heavy atom. The molecule has 1 amide bonds. The van der Waals surface area contributed by atoms with Crippen molar-refractivity contribution in [3.05, 3.63) is 64.2 Å². The van der Waals surface area contributed by atoms with Crippen LogP contribution >= 0.6 is 11.6 Å². The second-order valence-electron chi connectivity index (χ2n) is 7.38. The molecular weight excluding hydrogens is 410 g/mol. The van der Waals surface area contributed by atoms with Gasteiger partial charge in [-0.15, -0.1) is 0 Å². The second-order valence-corrected chi connectivity index (χ2v) is 9.80. The normalized spacial score (nSPS) is 14.7. The third kappa shape index (κ3) is 5.72. The molecular formula is C21H26ClN3O3S. The van der Waals surface area contributed by atoms with Crippen molar-refractivity contribution in [2.45, 2.75) is 25.9 Å². The molecule has 2 aromatic rings. The van der Waals surface area contributed by atoms with Crippen LogP contribution in [0, 0.1) is 0 Å². The van der Waals surface area contributed by atoms with Gasteiger partial charge in [0.15, 0.2) is 0 Å². The maximum absolute atomic E-state index is 12.5. The van der Waals surface area contributed by atoms with E-state index in [0.29, 0.717) is 17.8 Å². The molecule has 156 valence electrons. The van der Waals surface area contributed by atoms with E-state index < -0.39 is 10.0 Å². The first-order chi connectivity index (χ1) is 13.7. The van der Waals surface area contributed by atoms with Crippen molar-refractivity contribution in [2.24, 2.45) is 0 Å². The topological polar surface area (TPSA) is 69.7 Å². The predicted molar refractivity (Wildman–Crippen MR) is 117 cm³/mol. The number of sulfonamides is 1. The first-order valence-electron chi connectivity index (χ1n) is 9.56. The van der Waals surface area contributed by atoms with Crippen molar-refractivity contribution >= 4 is 33.2 Å². The van der Waals surface area contributed by atoms with Crippen LogP contribution < -0.4 is 9.62 Å². The lowest BCUT2D eigenvalue weighted by Gasteiger charge is -2.17. The summed E-state index contributed by atoms with van der Waals surface area (Å²) < 4.78 is 24.4. The van der Waals surface area contributed by atoms with Crippen LogP contribution in [0.25, 0.3) is 0 Å². The summed E-state index contributed by atoms with van der Waals surface area (Å²) in [6.07, 6.45) is 3.63. The number of hydrogen-bond acceptors (Lipinski definition) is 4. The number of likely N-dealkylation sites (tertiary alicyclic amines) is 1. The van der Waals surface area contributed by atoms with Crippen LogP contribution in [0.4, 0.5) is 5.69 Å². The van der Waals surface area contributed by atoms with Gasteiger partial charge in [0.2, 0.25) is 10.0 Å². The Balaban J connectivity index is 1.63. The van der Waals surface area contributed by atoms with Crippen molar-refractivity contribution in [1.82, 2.24) is 10.2 Å². The Morgan fingerprint density at radius 2 is 1.83 bits per heavy atom. The molecule has 1 saturated heterocycles. The number of amides is 1. The van der Waals surface area contributed by atoms with Crippen LogP contribution in [0.2, 0.25) is 5.02 Å². The van der Waals surface area contributed by atoms with E-state index in [1.807, 2.05) is 12.1 Å². The maximum atomic E-state index is 12.5. The minimum absolute atomic E-state index is 0.207. The zero-order valence-electron chi connectivity index (χ0n) is 16.7. The fourth-order valence-electron chi connectivity index (χ4n) is 3.39. The van der Waals surface area contributed by atoms with Gasteiger partial charge in [-0.2, -0.15) is 0 Å². The largest absolute Gasteiger partial charge is 0.348 e. The Morgan fingerprint density at radius 1 is 1.14 bits per heavy atom. The number of rotatable bonds is 7. The molecule has 3 rings (SSSR count). The molecule has 8 heteroatoms. The summed E-state index contributed by atoms with van der Waals surface area (Å²) in [5, 5.41) is 3.09. The Hall–Kier alpha value is -2.09. The van der Waals surface area contributed by atoms with Gasteiger partial charge in [-0.1, -0.05) is 35.9 Å². The third-order valence-electron chi connectivity index (χ3n) is 5.11. The highest BCUT2D eigenvalue weighted by Crippen LogP contribution is 2.24. The molecule has 0 atom stereocenters. The summed E-state index contributed by atoms with van der Waals surface area (Å²) >= 11 is 6.23. The average Bonchev–Trinajstić information content (AvgIpc) is 3.18. The van der Waals surface area contributed by atoms with Crippen molar-refractivity contribution in [3.63, 3.8) is 0 Å². The smallest absolute Gasteiger partial charge is 0.253 e. The summed E-state index contributed by atoms with van der Waals surface area (Å²) in [5.74, 6) is -0.298. The van der Waals surface area contributed by atoms with Gasteiger partial charge in [0.25, 0.3) is 5.91 Å². The van der Waals surface area contributed by atoms with Gasteiger partial charge < -0.3 is 5.32 Å². The number of benzene rings is 2. The summed E-state index contributed by atoms with van der Waals surface area (Å²) in [7, 11) is -1.95. The molecule has 1 aliphatic heterocycles. The molecule has 0 radical (unpaired) electrons. The molecule has 0 aliphatic carbocycles. The molecule has 0 unspecified atom stereocenters. The van der Waals surface area contributed by atoms with E-state index in [1.54, 1.807) is 12.1 Å². The van der Waals surface area contributed by atoms with E-state index in [1.165, 1.54) is 31.5 Å². The number of hydrogen-bond donors (Lipinski definition) is 1. The average molecular weight is 436 g/mol. The lowest BCUT2D eigenvalue weighted by atomic mass is 10.1. The van der Waals surface area contributed by atoms with E-state index >= 15 is 0 Å². The number of halogens is 1.